The summed E-state index contributed by atoms with van der Waals surface area (Å²) in [5.74, 6) is -1.07. The van der Waals surface area contributed by atoms with Gasteiger partial charge in [0.15, 0.2) is 6.67 Å². The van der Waals surface area contributed by atoms with E-state index in [9.17, 15) is 9.59 Å². The predicted molar refractivity (Wildman–Crippen MR) is 242 cm³/mol. The van der Waals surface area contributed by atoms with Crippen molar-refractivity contribution in [3.05, 3.63) is 74.9 Å². The van der Waals surface area contributed by atoms with Gasteiger partial charge in [0.2, 0.25) is 31.2 Å². The van der Waals surface area contributed by atoms with E-state index in [-0.39, 0.29) is 46.3 Å². The molecule has 0 aliphatic carbocycles. The van der Waals surface area contributed by atoms with E-state index in [0.717, 1.165) is 58.9 Å². The maximum Gasteiger partial charge on any atom is 0.315 e. The molecule has 376 valence electrons. The Kier molecular flexibility index (Phi) is 27.7. The molecule has 0 unspecified atom stereocenters. The molecule has 4 N–H and O–H groups in total. The number of carbonyl (C=O) groups excluding carboxylic acids is 2. The van der Waals surface area contributed by atoms with Crippen molar-refractivity contribution in [1.82, 2.24) is 39.5 Å². The Labute approximate surface area is 395 Å². The van der Waals surface area contributed by atoms with E-state index >= 15 is 0 Å². The van der Waals surface area contributed by atoms with Gasteiger partial charge in [0.25, 0.3) is 0 Å². The van der Waals surface area contributed by atoms with Gasteiger partial charge < -0.3 is 43.2 Å². The number of rotatable bonds is 42. The van der Waals surface area contributed by atoms with Crippen LogP contribution in [-0.2, 0) is 102 Å². The summed E-state index contributed by atoms with van der Waals surface area (Å²) in [5, 5.41) is 13.0. The number of hydrogen-bond donors (Lipinski definition) is 4. The van der Waals surface area contributed by atoms with E-state index < -0.39 is 23.7 Å². The minimum absolute atomic E-state index is 0.0234. The third-order valence-electron chi connectivity index (χ3n) is 10.1. The molecule has 0 aromatic carbocycles. The van der Waals surface area contributed by atoms with Crippen molar-refractivity contribution in [3.63, 3.8) is 0 Å². The topological polar surface area (TPSA) is 191 Å². The highest BCUT2D eigenvalue weighted by atomic mass is 16.6. The lowest BCUT2D eigenvalue weighted by atomic mass is 9.92. The van der Waals surface area contributed by atoms with Crippen molar-refractivity contribution in [2.45, 2.75) is 52.4 Å². The molecule has 0 radical (unpaired) electrons. The number of nitrogens with zero attached hydrogens (tertiary/aromatic N) is 8. The molecule has 0 atom stereocenters. The smallest absolute Gasteiger partial charge is 0.315 e. The van der Waals surface area contributed by atoms with Crippen LogP contribution in [0.25, 0.3) is 0 Å². The standard InChI is InChI=1S/C45H79N12O10/c1-50-11-15-54(39-50)35-46-8-5-19-60-22-25-63-31-45(32-64-26-23-61-20-6-9-47-36-55-16-12-51(2)40-55,33-65-27-24-62-21-7-10-48-37-56-17-13-52(3)41-56)34-66-28-29-67-44(59)30-43(58)49-38-57-18-14-53(4)42-57/h11-18,39-42,46-48H,5-10,19-38H2,1-4H3/q+3/p+1. The molecule has 0 saturated heterocycles. The van der Waals surface area contributed by atoms with Gasteiger partial charge >= 0.3 is 5.97 Å². The fourth-order valence-corrected chi connectivity index (χ4v) is 6.61. The summed E-state index contributed by atoms with van der Waals surface area (Å²) < 4.78 is 63.6. The van der Waals surface area contributed by atoms with Crippen LogP contribution in [-0.4, -0.2) is 149 Å². The highest BCUT2D eigenvalue weighted by Gasteiger charge is 2.33. The van der Waals surface area contributed by atoms with Crippen LogP contribution in [0.2, 0.25) is 0 Å². The van der Waals surface area contributed by atoms with Crippen LogP contribution in [0.15, 0.2) is 74.9 Å². The molecule has 0 bridgehead atoms. The number of esters is 1. The van der Waals surface area contributed by atoms with E-state index in [1.807, 2.05) is 121 Å². The molecular formula is C45H80N12O10+4. The first-order valence-corrected chi connectivity index (χ1v) is 23.3. The van der Waals surface area contributed by atoms with E-state index in [1.165, 1.54) is 0 Å². The zero-order valence-electron chi connectivity index (χ0n) is 40.5. The summed E-state index contributed by atoms with van der Waals surface area (Å²) in [5.41, 5.74) is -0.712. The summed E-state index contributed by atoms with van der Waals surface area (Å²) in [6.45, 7) is 10.3. The second-order valence-corrected chi connectivity index (χ2v) is 16.6. The molecule has 67 heavy (non-hydrogen) atoms. The first-order chi connectivity index (χ1) is 32.7. The maximum atomic E-state index is 12.5. The molecular weight excluding hydrogens is 869 g/mol. The van der Waals surface area contributed by atoms with Crippen LogP contribution in [0.4, 0.5) is 0 Å². The summed E-state index contributed by atoms with van der Waals surface area (Å²) in [4.78, 5) is 24.8. The number of ether oxygens (including phenoxy) is 8. The van der Waals surface area contributed by atoms with Crippen LogP contribution in [0.5, 0.6) is 0 Å². The largest absolute Gasteiger partial charge is 0.463 e. The molecule has 0 aliphatic heterocycles. The van der Waals surface area contributed by atoms with Crippen LogP contribution in [0, 0.1) is 5.41 Å². The highest BCUT2D eigenvalue weighted by molar-refractivity contribution is 5.94. The second-order valence-electron chi connectivity index (χ2n) is 16.6. The normalized spacial score (nSPS) is 11.8. The number of carbonyl (C=O) groups is 2. The fraction of sp³-hybridized carbons (Fsp3) is 0.689. The average Bonchev–Trinajstić information content (AvgIpc) is 4.13. The lowest BCUT2D eigenvalue weighted by Crippen LogP contribution is -2.43. The first-order valence-electron chi connectivity index (χ1n) is 23.3. The summed E-state index contributed by atoms with van der Waals surface area (Å²) >= 11 is 0. The zero-order chi connectivity index (χ0) is 47.6. The van der Waals surface area contributed by atoms with Crippen molar-refractivity contribution < 1.29 is 65.8 Å². The molecule has 4 rings (SSSR count). The fourth-order valence-electron chi connectivity index (χ4n) is 6.61. The van der Waals surface area contributed by atoms with Gasteiger partial charge in [0, 0.05) is 39.5 Å². The first kappa shape index (κ1) is 55.0. The quantitative estimate of drug-likeness (QED) is 0.0169. The Bertz CT molecular complexity index is 1740. The van der Waals surface area contributed by atoms with Gasteiger partial charge in [-0.25, -0.2) is 36.5 Å². The zero-order valence-corrected chi connectivity index (χ0v) is 40.5. The lowest BCUT2D eigenvalue weighted by molar-refractivity contribution is -0.671. The van der Waals surface area contributed by atoms with Gasteiger partial charge in [-0.1, -0.05) is 0 Å². The van der Waals surface area contributed by atoms with E-state index in [4.69, 9.17) is 37.9 Å². The molecule has 4 aromatic rings. The molecule has 1 amide bonds. The van der Waals surface area contributed by atoms with Crippen LogP contribution in [0.1, 0.15) is 25.7 Å². The Morgan fingerprint density at radius 1 is 0.448 bits per heavy atom. The Hall–Kier alpha value is -4.62. The number of nitrogens with one attached hydrogen (secondary N) is 4. The number of aromatic nitrogens is 8. The highest BCUT2D eigenvalue weighted by Crippen LogP contribution is 2.21. The number of amides is 1. The van der Waals surface area contributed by atoms with Crippen molar-refractivity contribution in [1.29, 1.82) is 0 Å². The summed E-state index contributed by atoms with van der Waals surface area (Å²) in [7, 11) is 7.87. The van der Waals surface area contributed by atoms with E-state index in [1.54, 1.807) is 4.57 Å². The second kappa shape index (κ2) is 33.8. The summed E-state index contributed by atoms with van der Waals surface area (Å²) in [6, 6.07) is 0. The number of aryl methyl sites for hydroxylation is 4. The molecule has 0 spiro atoms. The van der Waals surface area contributed by atoms with Crippen molar-refractivity contribution in [2.75, 3.05) is 119 Å². The SMILES string of the molecule is C[n+]1ccn(CNCCCOCCOCC(COCCOCCCNCn2cc[n+](C)c2)(COCCOCCCNCn2cc[n+](C)c2)COCCOC(=O)CC(=O)NCn2cc[n+](C)c2)c1. The Morgan fingerprint density at radius 3 is 1.12 bits per heavy atom. The van der Waals surface area contributed by atoms with E-state index in [2.05, 4.69) is 35.0 Å². The van der Waals surface area contributed by atoms with Crippen molar-refractivity contribution in [2.24, 2.45) is 33.6 Å². The van der Waals surface area contributed by atoms with Gasteiger partial charge in [-0.2, -0.15) is 0 Å². The van der Waals surface area contributed by atoms with Gasteiger partial charge in [-0.05, 0) is 19.3 Å². The average molecular weight is 949 g/mol. The summed E-state index contributed by atoms with van der Waals surface area (Å²) in [6.07, 6.45) is 25.9. The molecule has 22 heteroatoms. The van der Waals surface area contributed by atoms with Gasteiger partial charge in [-0.3, -0.25) is 25.5 Å². The molecule has 4 aromatic heterocycles. The third-order valence-corrected chi connectivity index (χ3v) is 10.1. The minimum Gasteiger partial charge on any atom is -0.463 e. The lowest BCUT2D eigenvalue weighted by Gasteiger charge is -2.33. The number of imidazole rings is 4. The van der Waals surface area contributed by atoms with Crippen LogP contribution < -0.4 is 39.5 Å². The molecule has 4 heterocycles. The molecule has 22 nitrogen and oxygen atoms in total. The third kappa shape index (κ3) is 25.9. The van der Waals surface area contributed by atoms with Crippen molar-refractivity contribution >= 4 is 11.9 Å². The molecule has 0 aliphatic rings. The van der Waals surface area contributed by atoms with Crippen molar-refractivity contribution in [3.8, 4) is 0 Å². The van der Waals surface area contributed by atoms with Gasteiger partial charge in [0.05, 0.1) is 106 Å². The number of hydrogen-bond acceptors (Lipinski definition) is 13. The predicted octanol–water partition coefficient (Wildman–Crippen LogP) is -1.79. The minimum atomic E-state index is -0.712. The molecule has 0 fully saturated rings. The molecule has 0 saturated carbocycles. The van der Waals surface area contributed by atoms with Gasteiger partial charge in [-0.15, -0.1) is 0 Å². The van der Waals surface area contributed by atoms with Crippen LogP contribution in [0.3, 0.4) is 0 Å². The maximum absolute atomic E-state index is 12.5. The van der Waals surface area contributed by atoms with Gasteiger partial charge in [0.1, 0.15) is 82.6 Å². The Balaban J connectivity index is 1.20. The van der Waals surface area contributed by atoms with Crippen LogP contribution >= 0.6 is 0 Å². The van der Waals surface area contributed by atoms with E-state index in [0.29, 0.717) is 59.5 Å². The Morgan fingerprint density at radius 2 is 0.776 bits per heavy atom. The monoisotopic (exact) mass is 949 g/mol.